The molecular weight excluding hydrogens is 176 g/mol. The summed E-state index contributed by atoms with van der Waals surface area (Å²) in [5.74, 6) is 0.0243. The van der Waals surface area contributed by atoms with Crippen molar-refractivity contribution in [3.8, 4) is 0 Å². The molecule has 1 amide bonds. The van der Waals surface area contributed by atoms with Gasteiger partial charge < -0.3 is 9.30 Å². The summed E-state index contributed by atoms with van der Waals surface area (Å²) in [6.45, 7) is 0. The van der Waals surface area contributed by atoms with Crippen molar-refractivity contribution in [2.45, 2.75) is 0 Å². The van der Waals surface area contributed by atoms with Crippen LogP contribution in [0.3, 0.4) is 0 Å². The highest BCUT2D eigenvalue weighted by Crippen LogP contribution is 2.10. The Balaban J connectivity index is 2.58. The number of pyridine rings is 1. The SMILES string of the molecule is CN(C)C(=O)c1ccc2ccccn12. The fraction of sp³-hybridized carbons (Fsp3) is 0.182. The Morgan fingerprint density at radius 1 is 1.21 bits per heavy atom. The lowest BCUT2D eigenvalue weighted by atomic mass is 10.4. The molecule has 0 N–H and O–H groups in total. The zero-order valence-electron chi connectivity index (χ0n) is 8.27. The molecule has 0 aromatic carbocycles. The van der Waals surface area contributed by atoms with Crippen molar-refractivity contribution in [3.05, 3.63) is 42.2 Å². The highest BCUT2D eigenvalue weighted by molar-refractivity contribution is 5.93. The molecule has 3 heteroatoms. The molecule has 0 fully saturated rings. The van der Waals surface area contributed by atoms with Crippen LogP contribution in [-0.4, -0.2) is 29.3 Å². The van der Waals surface area contributed by atoms with Gasteiger partial charge in [0.15, 0.2) is 0 Å². The smallest absolute Gasteiger partial charge is 0.270 e. The summed E-state index contributed by atoms with van der Waals surface area (Å²) in [6.07, 6.45) is 1.89. The van der Waals surface area contributed by atoms with Gasteiger partial charge in [0.1, 0.15) is 5.69 Å². The molecule has 0 atom stereocenters. The van der Waals surface area contributed by atoms with Crippen LogP contribution in [-0.2, 0) is 0 Å². The molecule has 0 spiro atoms. The van der Waals surface area contributed by atoms with E-state index in [0.717, 1.165) is 5.52 Å². The van der Waals surface area contributed by atoms with Gasteiger partial charge in [-0.3, -0.25) is 4.79 Å². The first kappa shape index (κ1) is 8.81. The van der Waals surface area contributed by atoms with Crippen molar-refractivity contribution in [3.63, 3.8) is 0 Å². The number of carbonyl (C=O) groups excluding carboxylic acids is 1. The third-order valence-corrected chi connectivity index (χ3v) is 2.19. The molecule has 14 heavy (non-hydrogen) atoms. The summed E-state index contributed by atoms with van der Waals surface area (Å²) in [5, 5.41) is 0. The fourth-order valence-electron chi connectivity index (χ4n) is 1.46. The van der Waals surface area contributed by atoms with E-state index in [9.17, 15) is 4.79 Å². The topological polar surface area (TPSA) is 24.7 Å². The summed E-state index contributed by atoms with van der Waals surface area (Å²) < 4.78 is 1.89. The number of hydrogen-bond donors (Lipinski definition) is 0. The summed E-state index contributed by atoms with van der Waals surface area (Å²) in [5.41, 5.74) is 1.74. The molecule has 2 aromatic heterocycles. The number of fused-ring (bicyclic) bond motifs is 1. The minimum atomic E-state index is 0.0243. The van der Waals surface area contributed by atoms with E-state index < -0.39 is 0 Å². The normalized spacial score (nSPS) is 10.4. The standard InChI is InChI=1S/C11H12N2O/c1-12(2)11(14)10-7-6-9-5-3-4-8-13(9)10/h3-8H,1-2H3. The molecule has 0 aliphatic rings. The van der Waals surface area contributed by atoms with E-state index in [1.54, 1.807) is 19.0 Å². The second-order valence-corrected chi connectivity index (χ2v) is 3.41. The van der Waals surface area contributed by atoms with Gasteiger partial charge in [0.05, 0.1) is 0 Å². The van der Waals surface area contributed by atoms with Crippen molar-refractivity contribution in [1.29, 1.82) is 0 Å². The van der Waals surface area contributed by atoms with E-state index in [4.69, 9.17) is 0 Å². The molecular formula is C11H12N2O. The summed E-state index contributed by atoms with van der Waals surface area (Å²) in [4.78, 5) is 13.3. The van der Waals surface area contributed by atoms with Crippen molar-refractivity contribution in [1.82, 2.24) is 9.30 Å². The van der Waals surface area contributed by atoms with E-state index in [-0.39, 0.29) is 5.91 Å². The van der Waals surface area contributed by atoms with Gasteiger partial charge in [-0.25, -0.2) is 0 Å². The Labute approximate surface area is 82.6 Å². The molecule has 0 aliphatic carbocycles. The van der Waals surface area contributed by atoms with Crippen LogP contribution in [0.4, 0.5) is 0 Å². The maximum atomic E-state index is 11.7. The van der Waals surface area contributed by atoms with E-state index >= 15 is 0 Å². The lowest BCUT2D eigenvalue weighted by molar-refractivity contribution is 0.0821. The molecule has 0 saturated carbocycles. The first-order valence-electron chi connectivity index (χ1n) is 4.48. The monoisotopic (exact) mass is 188 g/mol. The van der Waals surface area contributed by atoms with Crippen LogP contribution in [0.5, 0.6) is 0 Å². The first-order valence-corrected chi connectivity index (χ1v) is 4.48. The van der Waals surface area contributed by atoms with E-state index in [1.165, 1.54) is 0 Å². The second-order valence-electron chi connectivity index (χ2n) is 3.41. The molecule has 2 heterocycles. The van der Waals surface area contributed by atoms with Gasteiger partial charge in [-0.15, -0.1) is 0 Å². The number of nitrogens with zero attached hydrogens (tertiary/aromatic N) is 2. The zero-order valence-corrected chi connectivity index (χ0v) is 8.27. The molecule has 72 valence electrons. The van der Waals surface area contributed by atoms with E-state index in [1.807, 2.05) is 40.9 Å². The van der Waals surface area contributed by atoms with Crippen molar-refractivity contribution in [2.75, 3.05) is 14.1 Å². The van der Waals surface area contributed by atoms with Crippen molar-refractivity contribution in [2.24, 2.45) is 0 Å². The molecule has 0 saturated heterocycles. The maximum absolute atomic E-state index is 11.7. The molecule has 2 rings (SSSR count). The van der Waals surface area contributed by atoms with Crippen LogP contribution in [0.25, 0.3) is 5.52 Å². The molecule has 0 radical (unpaired) electrons. The van der Waals surface area contributed by atoms with Crippen molar-refractivity contribution >= 4 is 11.4 Å². The van der Waals surface area contributed by atoms with Crippen LogP contribution in [0.1, 0.15) is 10.5 Å². The summed E-state index contributed by atoms with van der Waals surface area (Å²) >= 11 is 0. The van der Waals surface area contributed by atoms with Gasteiger partial charge in [0, 0.05) is 25.8 Å². The highest BCUT2D eigenvalue weighted by atomic mass is 16.2. The van der Waals surface area contributed by atoms with Crippen LogP contribution in [0, 0.1) is 0 Å². The third-order valence-electron chi connectivity index (χ3n) is 2.19. The lowest BCUT2D eigenvalue weighted by Gasteiger charge is -2.09. The highest BCUT2D eigenvalue weighted by Gasteiger charge is 2.11. The Bertz CT molecular complexity index is 471. The predicted octanol–water partition coefficient (Wildman–Crippen LogP) is 1.64. The lowest BCUT2D eigenvalue weighted by Crippen LogP contribution is -2.22. The van der Waals surface area contributed by atoms with E-state index in [2.05, 4.69) is 0 Å². The Hall–Kier alpha value is -1.77. The zero-order chi connectivity index (χ0) is 10.1. The Morgan fingerprint density at radius 2 is 2.00 bits per heavy atom. The number of amides is 1. The van der Waals surface area contributed by atoms with E-state index in [0.29, 0.717) is 5.69 Å². The predicted molar refractivity (Wildman–Crippen MR) is 55.4 cm³/mol. The van der Waals surface area contributed by atoms with Gasteiger partial charge in [-0.2, -0.15) is 0 Å². The van der Waals surface area contributed by atoms with Gasteiger partial charge in [-0.1, -0.05) is 6.07 Å². The molecule has 0 bridgehead atoms. The average molecular weight is 188 g/mol. The van der Waals surface area contributed by atoms with Crippen LogP contribution in [0.2, 0.25) is 0 Å². The fourth-order valence-corrected chi connectivity index (χ4v) is 1.46. The van der Waals surface area contributed by atoms with Crippen LogP contribution in [0.15, 0.2) is 36.5 Å². The Morgan fingerprint density at radius 3 is 2.71 bits per heavy atom. The molecule has 0 aliphatic heterocycles. The third kappa shape index (κ3) is 1.27. The van der Waals surface area contributed by atoms with Gasteiger partial charge in [0.2, 0.25) is 0 Å². The number of carbonyl (C=O) groups is 1. The first-order chi connectivity index (χ1) is 6.70. The van der Waals surface area contributed by atoms with Gasteiger partial charge in [-0.05, 0) is 24.3 Å². The average Bonchev–Trinajstić information content (AvgIpc) is 2.60. The quantitative estimate of drug-likeness (QED) is 0.667. The summed E-state index contributed by atoms with van der Waals surface area (Å²) in [6, 6.07) is 9.64. The number of aromatic nitrogens is 1. The summed E-state index contributed by atoms with van der Waals surface area (Å²) in [7, 11) is 3.51. The minimum Gasteiger partial charge on any atom is -0.343 e. The molecule has 2 aromatic rings. The second kappa shape index (κ2) is 3.18. The number of hydrogen-bond acceptors (Lipinski definition) is 1. The van der Waals surface area contributed by atoms with Crippen LogP contribution >= 0.6 is 0 Å². The van der Waals surface area contributed by atoms with Gasteiger partial charge in [0.25, 0.3) is 5.91 Å². The minimum absolute atomic E-state index is 0.0243. The largest absolute Gasteiger partial charge is 0.343 e. The van der Waals surface area contributed by atoms with Gasteiger partial charge >= 0.3 is 0 Å². The van der Waals surface area contributed by atoms with Crippen LogP contribution < -0.4 is 0 Å². The molecule has 0 unspecified atom stereocenters. The maximum Gasteiger partial charge on any atom is 0.270 e. The number of rotatable bonds is 1. The van der Waals surface area contributed by atoms with Crippen molar-refractivity contribution < 1.29 is 4.79 Å². The Kier molecular flexibility index (Phi) is 2.00. The molecule has 3 nitrogen and oxygen atoms in total.